The van der Waals surface area contributed by atoms with Gasteiger partial charge in [-0.15, -0.1) is 6.58 Å². The fourth-order valence-corrected chi connectivity index (χ4v) is 3.81. The molecular formula is C10H17N3S. The Labute approximate surface area is 89.4 Å². The van der Waals surface area contributed by atoms with E-state index in [4.69, 9.17) is 5.73 Å². The van der Waals surface area contributed by atoms with Gasteiger partial charge in [0.2, 0.25) is 0 Å². The van der Waals surface area contributed by atoms with Crippen LogP contribution in [0, 0.1) is 0 Å². The smallest absolute Gasteiger partial charge is 0.192 e. The highest BCUT2D eigenvalue weighted by molar-refractivity contribution is 8.00. The third-order valence-corrected chi connectivity index (χ3v) is 4.68. The summed E-state index contributed by atoms with van der Waals surface area (Å²) in [6.07, 6.45) is 3.10. The van der Waals surface area contributed by atoms with Crippen LogP contribution in [-0.4, -0.2) is 40.5 Å². The first-order valence-electron chi connectivity index (χ1n) is 5.01. The highest BCUT2D eigenvalue weighted by Crippen LogP contribution is 2.42. The Bertz CT molecular complexity index is 277. The zero-order valence-electron chi connectivity index (χ0n) is 8.57. The third-order valence-electron chi connectivity index (χ3n) is 3.30. The summed E-state index contributed by atoms with van der Waals surface area (Å²) in [5.41, 5.74) is 6.08. The second kappa shape index (κ2) is 3.50. The van der Waals surface area contributed by atoms with Crippen LogP contribution in [0.3, 0.4) is 0 Å². The van der Waals surface area contributed by atoms with Crippen molar-refractivity contribution < 1.29 is 0 Å². The minimum absolute atomic E-state index is 0.183. The molecule has 2 N–H and O–H groups in total. The first-order valence-corrected chi connectivity index (χ1v) is 6.05. The van der Waals surface area contributed by atoms with Crippen LogP contribution < -0.4 is 5.73 Å². The van der Waals surface area contributed by atoms with Crippen molar-refractivity contribution in [1.82, 2.24) is 4.90 Å². The van der Waals surface area contributed by atoms with Crippen molar-refractivity contribution >= 4 is 17.7 Å². The fraction of sp³-hybridized carbons (Fsp3) is 0.700. The van der Waals surface area contributed by atoms with Crippen molar-refractivity contribution in [3.8, 4) is 0 Å². The number of nitrogens with zero attached hydrogens (tertiary/aromatic N) is 2. The van der Waals surface area contributed by atoms with E-state index in [-0.39, 0.29) is 5.54 Å². The molecule has 0 aromatic heterocycles. The van der Waals surface area contributed by atoms with E-state index in [0.717, 1.165) is 13.1 Å². The molecule has 78 valence electrons. The van der Waals surface area contributed by atoms with Gasteiger partial charge in [-0.3, -0.25) is 4.99 Å². The minimum atomic E-state index is 0.183. The summed E-state index contributed by atoms with van der Waals surface area (Å²) in [6, 6.07) is 0. The lowest BCUT2D eigenvalue weighted by molar-refractivity contribution is 0.219. The molecular weight excluding hydrogens is 194 g/mol. The number of hydrogen-bond acceptors (Lipinski definition) is 4. The van der Waals surface area contributed by atoms with Crippen LogP contribution in [0.1, 0.15) is 13.3 Å². The monoisotopic (exact) mass is 211 g/mol. The molecule has 3 nitrogen and oxygen atoms in total. The lowest BCUT2D eigenvalue weighted by Gasteiger charge is -2.38. The molecule has 2 aliphatic heterocycles. The summed E-state index contributed by atoms with van der Waals surface area (Å²) >= 11 is 2.02. The van der Waals surface area contributed by atoms with Gasteiger partial charge in [-0.2, -0.15) is 11.8 Å². The Balaban J connectivity index is 2.23. The van der Waals surface area contributed by atoms with Crippen LogP contribution in [0.15, 0.2) is 17.6 Å². The average molecular weight is 211 g/mol. The molecule has 0 saturated carbocycles. The van der Waals surface area contributed by atoms with E-state index in [9.17, 15) is 0 Å². The Morgan fingerprint density at radius 3 is 3.21 bits per heavy atom. The van der Waals surface area contributed by atoms with Gasteiger partial charge in [0.25, 0.3) is 0 Å². The van der Waals surface area contributed by atoms with E-state index in [1.54, 1.807) is 0 Å². The van der Waals surface area contributed by atoms with E-state index in [2.05, 4.69) is 23.4 Å². The molecule has 2 heterocycles. The maximum absolute atomic E-state index is 5.90. The lowest BCUT2D eigenvalue weighted by atomic mass is 9.92. The lowest BCUT2D eigenvalue weighted by Crippen LogP contribution is -2.54. The molecule has 2 atom stereocenters. The first kappa shape index (κ1) is 9.90. The van der Waals surface area contributed by atoms with Gasteiger partial charge < -0.3 is 10.6 Å². The number of nitrogens with two attached hydrogens (primary N) is 1. The molecule has 1 saturated heterocycles. The van der Waals surface area contributed by atoms with E-state index >= 15 is 0 Å². The number of thioether (sulfide) groups is 1. The van der Waals surface area contributed by atoms with Crippen LogP contribution in [-0.2, 0) is 0 Å². The molecule has 2 aliphatic rings. The third kappa shape index (κ3) is 1.24. The van der Waals surface area contributed by atoms with E-state index in [1.165, 1.54) is 12.2 Å². The van der Waals surface area contributed by atoms with Gasteiger partial charge in [0.15, 0.2) is 5.96 Å². The van der Waals surface area contributed by atoms with Crippen molar-refractivity contribution in [2.24, 2.45) is 10.7 Å². The molecule has 2 rings (SSSR count). The highest BCUT2D eigenvalue weighted by atomic mass is 32.2. The molecule has 4 heteroatoms. The van der Waals surface area contributed by atoms with Crippen LogP contribution in [0.2, 0.25) is 0 Å². The maximum Gasteiger partial charge on any atom is 0.192 e. The Kier molecular flexibility index (Phi) is 2.47. The van der Waals surface area contributed by atoms with Gasteiger partial charge in [0.1, 0.15) is 0 Å². The van der Waals surface area contributed by atoms with Gasteiger partial charge in [-0.1, -0.05) is 13.0 Å². The molecule has 0 radical (unpaired) electrons. The highest BCUT2D eigenvalue weighted by Gasteiger charge is 2.49. The molecule has 0 bridgehead atoms. The average Bonchev–Trinajstić information content (AvgIpc) is 2.67. The molecule has 1 fully saturated rings. The largest absolute Gasteiger partial charge is 0.370 e. The summed E-state index contributed by atoms with van der Waals surface area (Å²) in [7, 11) is 0. The standard InChI is InChI=1S/C10H17N3S/c1-3-5-13-9(11)12-7-10(13)4-6-14-8(10)2/h3,8H,1,4-7H2,2H3,(H2,11,12). The number of guanidine groups is 1. The summed E-state index contributed by atoms with van der Waals surface area (Å²) in [5.74, 6) is 1.91. The molecule has 0 aromatic carbocycles. The molecule has 14 heavy (non-hydrogen) atoms. The zero-order chi connectivity index (χ0) is 10.2. The maximum atomic E-state index is 5.90. The molecule has 0 amide bonds. The van der Waals surface area contributed by atoms with Crippen LogP contribution in [0.5, 0.6) is 0 Å². The van der Waals surface area contributed by atoms with Gasteiger partial charge in [-0.25, -0.2) is 0 Å². The molecule has 2 unspecified atom stereocenters. The van der Waals surface area contributed by atoms with Crippen LogP contribution in [0.25, 0.3) is 0 Å². The normalized spacial score (nSPS) is 36.5. The van der Waals surface area contributed by atoms with Crippen molar-refractivity contribution in [1.29, 1.82) is 0 Å². The second-order valence-corrected chi connectivity index (χ2v) is 5.39. The Morgan fingerprint density at radius 1 is 1.86 bits per heavy atom. The number of aliphatic imine (C=N–C) groups is 1. The topological polar surface area (TPSA) is 41.6 Å². The summed E-state index contributed by atoms with van der Waals surface area (Å²) in [4.78, 5) is 6.61. The summed E-state index contributed by atoms with van der Waals surface area (Å²) < 4.78 is 0. The predicted octanol–water partition coefficient (Wildman–Crippen LogP) is 1.07. The van der Waals surface area contributed by atoms with Crippen LogP contribution in [0.4, 0.5) is 0 Å². The van der Waals surface area contributed by atoms with Crippen molar-refractivity contribution in [3.63, 3.8) is 0 Å². The molecule has 0 aromatic rings. The summed E-state index contributed by atoms with van der Waals surface area (Å²) in [6.45, 7) is 7.74. The Hall–Kier alpha value is -0.640. The first-order chi connectivity index (χ1) is 6.70. The zero-order valence-corrected chi connectivity index (χ0v) is 9.39. The predicted molar refractivity (Wildman–Crippen MR) is 62.7 cm³/mol. The fourth-order valence-electron chi connectivity index (χ4n) is 2.35. The number of rotatable bonds is 2. The van der Waals surface area contributed by atoms with Crippen LogP contribution >= 0.6 is 11.8 Å². The molecule has 0 aliphatic carbocycles. The van der Waals surface area contributed by atoms with Gasteiger partial charge >= 0.3 is 0 Å². The second-order valence-electron chi connectivity index (χ2n) is 3.94. The van der Waals surface area contributed by atoms with E-state index in [0.29, 0.717) is 11.2 Å². The van der Waals surface area contributed by atoms with Gasteiger partial charge in [-0.05, 0) is 12.2 Å². The minimum Gasteiger partial charge on any atom is -0.370 e. The van der Waals surface area contributed by atoms with Gasteiger partial charge in [0, 0.05) is 11.8 Å². The summed E-state index contributed by atoms with van der Waals surface area (Å²) in [5, 5.41) is 0.618. The quantitative estimate of drug-likeness (QED) is 0.695. The van der Waals surface area contributed by atoms with Crippen molar-refractivity contribution in [2.45, 2.75) is 24.1 Å². The van der Waals surface area contributed by atoms with E-state index < -0.39 is 0 Å². The number of hydrogen-bond donors (Lipinski definition) is 1. The SMILES string of the molecule is C=CCN1C(N)=NCC12CCSC2C. The van der Waals surface area contributed by atoms with Gasteiger partial charge in [0.05, 0.1) is 12.1 Å². The van der Waals surface area contributed by atoms with E-state index in [1.807, 2.05) is 17.8 Å². The van der Waals surface area contributed by atoms with Crippen molar-refractivity contribution in [3.05, 3.63) is 12.7 Å². The Morgan fingerprint density at radius 2 is 2.64 bits per heavy atom. The van der Waals surface area contributed by atoms with Crippen molar-refractivity contribution in [2.75, 3.05) is 18.8 Å². The molecule has 1 spiro atoms.